The highest BCUT2D eigenvalue weighted by molar-refractivity contribution is 5.82. The van der Waals surface area contributed by atoms with Gasteiger partial charge in [0.05, 0.1) is 0 Å². The minimum absolute atomic E-state index is 0.148. The normalized spacial score (nSPS) is 15.4. The molecule has 1 fully saturated rings. The van der Waals surface area contributed by atoms with Crippen molar-refractivity contribution in [1.29, 1.82) is 0 Å². The average molecular weight is 387 g/mol. The molecule has 1 nitrogen and oxygen atoms in total. The standard InChI is InChI=1S/C28H36N/c1-19-15-23(28(3,4)5)18-25(20(19)2)27-17-22(16-21-11-7-8-12-21)24-13-9-10-14-26(24)29(27)6/h9-10,13-15,17-18,21H,7-8,11-12,16H2,1-6H3/q+1. The lowest BCUT2D eigenvalue weighted by molar-refractivity contribution is -0.633. The van der Waals surface area contributed by atoms with E-state index in [0.29, 0.717) is 0 Å². The topological polar surface area (TPSA) is 3.88 Å². The number of nitrogens with zero attached hydrogens (tertiary/aromatic N) is 1. The quantitative estimate of drug-likeness (QED) is 0.428. The van der Waals surface area contributed by atoms with E-state index in [-0.39, 0.29) is 5.41 Å². The van der Waals surface area contributed by atoms with Gasteiger partial charge in [-0.2, -0.15) is 4.57 Å². The maximum absolute atomic E-state index is 2.49. The Morgan fingerprint density at radius 3 is 2.34 bits per heavy atom. The van der Waals surface area contributed by atoms with E-state index >= 15 is 0 Å². The van der Waals surface area contributed by atoms with Crippen LogP contribution in [0.1, 0.15) is 68.7 Å². The van der Waals surface area contributed by atoms with E-state index in [2.05, 4.69) is 88.7 Å². The third-order valence-electron chi connectivity index (χ3n) is 7.08. The van der Waals surface area contributed by atoms with E-state index in [1.54, 1.807) is 0 Å². The average Bonchev–Trinajstić information content (AvgIpc) is 3.19. The number of para-hydroxylation sites is 1. The van der Waals surface area contributed by atoms with Crippen LogP contribution in [-0.2, 0) is 18.9 Å². The minimum atomic E-state index is 0.148. The summed E-state index contributed by atoms with van der Waals surface area (Å²) in [5, 5.41) is 1.42. The van der Waals surface area contributed by atoms with Crippen LogP contribution in [0.2, 0.25) is 0 Å². The summed E-state index contributed by atoms with van der Waals surface area (Å²) >= 11 is 0. The van der Waals surface area contributed by atoms with Crippen molar-refractivity contribution in [2.24, 2.45) is 13.0 Å². The third kappa shape index (κ3) is 3.84. The fourth-order valence-electron chi connectivity index (χ4n) is 5.02. The number of aromatic nitrogens is 1. The smallest absolute Gasteiger partial charge is 0.194 e. The van der Waals surface area contributed by atoms with Crippen molar-refractivity contribution in [1.82, 2.24) is 0 Å². The second-order valence-corrected chi connectivity index (χ2v) is 10.2. The largest absolute Gasteiger partial charge is 0.213 e. The van der Waals surface area contributed by atoms with Crippen LogP contribution in [0.4, 0.5) is 0 Å². The summed E-state index contributed by atoms with van der Waals surface area (Å²) < 4.78 is 2.40. The first kappa shape index (κ1) is 20.1. The van der Waals surface area contributed by atoms with Gasteiger partial charge in [0.2, 0.25) is 11.2 Å². The number of pyridine rings is 1. The van der Waals surface area contributed by atoms with E-state index in [1.165, 1.54) is 76.5 Å². The molecule has 1 aromatic heterocycles. The summed E-state index contributed by atoms with van der Waals surface area (Å²) in [5.74, 6) is 0.850. The zero-order valence-electron chi connectivity index (χ0n) is 19.1. The number of aryl methyl sites for hydroxylation is 2. The molecule has 0 spiro atoms. The predicted molar refractivity (Wildman–Crippen MR) is 124 cm³/mol. The Labute approximate surface area is 176 Å². The van der Waals surface area contributed by atoms with Gasteiger partial charge >= 0.3 is 0 Å². The van der Waals surface area contributed by atoms with Gasteiger partial charge in [-0.05, 0) is 66.0 Å². The maximum atomic E-state index is 2.49. The van der Waals surface area contributed by atoms with Crippen molar-refractivity contribution in [2.75, 3.05) is 0 Å². The van der Waals surface area contributed by atoms with Crippen LogP contribution in [0.15, 0.2) is 42.5 Å². The van der Waals surface area contributed by atoms with Gasteiger partial charge in [0, 0.05) is 23.1 Å². The molecule has 1 saturated carbocycles. The van der Waals surface area contributed by atoms with E-state index in [9.17, 15) is 0 Å². The number of fused-ring (bicyclic) bond motifs is 1. The molecule has 0 amide bonds. The molecule has 0 unspecified atom stereocenters. The summed E-state index contributed by atoms with van der Waals surface area (Å²) in [6.07, 6.45) is 6.81. The molecule has 4 rings (SSSR count). The first-order valence-corrected chi connectivity index (χ1v) is 11.3. The molecule has 29 heavy (non-hydrogen) atoms. The van der Waals surface area contributed by atoms with Crippen LogP contribution in [0.3, 0.4) is 0 Å². The molecule has 1 heteroatoms. The van der Waals surface area contributed by atoms with Gasteiger partial charge in [0.25, 0.3) is 0 Å². The van der Waals surface area contributed by atoms with Gasteiger partial charge in [0.15, 0.2) is 0 Å². The van der Waals surface area contributed by atoms with E-state index in [4.69, 9.17) is 0 Å². The Balaban J connectivity index is 1.94. The molecule has 1 aliphatic rings. The van der Waals surface area contributed by atoms with Gasteiger partial charge in [-0.25, -0.2) is 0 Å². The number of rotatable bonds is 3. The molecule has 0 saturated heterocycles. The van der Waals surface area contributed by atoms with E-state index in [0.717, 1.165) is 5.92 Å². The molecule has 0 radical (unpaired) electrons. The molecule has 152 valence electrons. The van der Waals surface area contributed by atoms with Crippen LogP contribution >= 0.6 is 0 Å². The highest BCUT2D eigenvalue weighted by Gasteiger charge is 2.25. The monoisotopic (exact) mass is 386 g/mol. The second kappa shape index (κ2) is 7.59. The maximum Gasteiger partial charge on any atom is 0.213 e. The fraction of sp³-hybridized carbons (Fsp3) is 0.464. The Morgan fingerprint density at radius 2 is 1.66 bits per heavy atom. The summed E-state index contributed by atoms with van der Waals surface area (Å²) in [7, 11) is 2.23. The lowest BCUT2D eigenvalue weighted by Crippen LogP contribution is -2.33. The van der Waals surface area contributed by atoms with Crippen molar-refractivity contribution in [2.45, 2.75) is 72.1 Å². The minimum Gasteiger partial charge on any atom is -0.194 e. The molecule has 1 heterocycles. The van der Waals surface area contributed by atoms with Crippen LogP contribution in [-0.4, -0.2) is 0 Å². The molecular formula is C28H36N+. The Morgan fingerprint density at radius 1 is 0.966 bits per heavy atom. The van der Waals surface area contributed by atoms with Crippen LogP contribution in [0.5, 0.6) is 0 Å². The molecule has 3 aromatic rings. The summed E-state index contributed by atoms with van der Waals surface area (Å²) in [4.78, 5) is 0. The Bertz CT molecular complexity index is 1050. The number of hydrogen-bond acceptors (Lipinski definition) is 0. The van der Waals surface area contributed by atoms with Crippen LogP contribution < -0.4 is 4.57 Å². The molecule has 2 aromatic carbocycles. The van der Waals surface area contributed by atoms with Crippen molar-refractivity contribution < 1.29 is 4.57 Å². The summed E-state index contributed by atoms with van der Waals surface area (Å²) in [6.45, 7) is 11.5. The lowest BCUT2D eigenvalue weighted by atomic mass is 9.83. The molecule has 0 atom stereocenters. The van der Waals surface area contributed by atoms with Gasteiger partial charge in [-0.1, -0.05) is 64.7 Å². The SMILES string of the molecule is Cc1cc(C(C)(C)C)cc(-c2cc(CC3CCCC3)c3ccccc3[n+]2C)c1C. The van der Waals surface area contributed by atoms with Crippen LogP contribution in [0, 0.1) is 19.8 Å². The summed E-state index contributed by atoms with van der Waals surface area (Å²) in [5.41, 5.74) is 9.96. The van der Waals surface area contributed by atoms with Gasteiger partial charge < -0.3 is 0 Å². The first-order chi connectivity index (χ1) is 13.8. The third-order valence-corrected chi connectivity index (χ3v) is 7.08. The van der Waals surface area contributed by atoms with E-state index < -0.39 is 0 Å². The highest BCUT2D eigenvalue weighted by atomic mass is 14.9. The Hall–Kier alpha value is -2.15. The van der Waals surface area contributed by atoms with Crippen LogP contribution in [0.25, 0.3) is 22.2 Å². The molecule has 0 bridgehead atoms. The number of benzene rings is 2. The number of hydrogen-bond donors (Lipinski definition) is 0. The van der Waals surface area contributed by atoms with Crippen molar-refractivity contribution in [3.63, 3.8) is 0 Å². The van der Waals surface area contributed by atoms with Gasteiger partial charge in [0.1, 0.15) is 7.05 Å². The molecule has 0 aliphatic heterocycles. The lowest BCUT2D eigenvalue weighted by Gasteiger charge is -2.22. The Kier molecular flexibility index (Phi) is 5.27. The zero-order valence-corrected chi connectivity index (χ0v) is 19.1. The first-order valence-electron chi connectivity index (χ1n) is 11.3. The summed E-state index contributed by atoms with van der Waals surface area (Å²) in [6, 6.07) is 16.3. The van der Waals surface area contributed by atoms with Crippen molar-refractivity contribution in [3.05, 3.63) is 64.7 Å². The van der Waals surface area contributed by atoms with Gasteiger partial charge in [-0.15, -0.1) is 0 Å². The highest BCUT2D eigenvalue weighted by Crippen LogP contribution is 2.35. The second-order valence-electron chi connectivity index (χ2n) is 10.2. The van der Waals surface area contributed by atoms with Crippen molar-refractivity contribution in [3.8, 4) is 11.3 Å². The zero-order chi connectivity index (χ0) is 20.8. The molecular weight excluding hydrogens is 350 g/mol. The fourth-order valence-corrected chi connectivity index (χ4v) is 5.02. The molecule has 0 N–H and O–H groups in total. The van der Waals surface area contributed by atoms with Crippen molar-refractivity contribution >= 4 is 10.9 Å². The predicted octanol–water partition coefficient (Wildman–Crippen LogP) is 6.98. The van der Waals surface area contributed by atoms with Gasteiger partial charge in [-0.3, -0.25) is 0 Å². The molecule has 1 aliphatic carbocycles. The van der Waals surface area contributed by atoms with E-state index in [1.807, 2.05) is 0 Å².